The van der Waals surface area contributed by atoms with Crippen LogP contribution in [0.4, 0.5) is 33.6 Å². The number of nitrogen functional groups attached to an aromatic ring is 1. The second-order valence-electron chi connectivity index (χ2n) is 7.51. The van der Waals surface area contributed by atoms with Crippen LogP contribution in [-0.4, -0.2) is 53.5 Å². The lowest BCUT2D eigenvalue weighted by Gasteiger charge is -2.20. The first kappa shape index (κ1) is 23.1. The van der Waals surface area contributed by atoms with Gasteiger partial charge in [0.05, 0.1) is 17.5 Å². The molecule has 0 aromatic carbocycles. The van der Waals surface area contributed by atoms with Crippen LogP contribution in [0.2, 0.25) is 0 Å². The van der Waals surface area contributed by atoms with Gasteiger partial charge in [-0.3, -0.25) is 15.0 Å². The Morgan fingerprint density at radius 3 is 2.59 bits per heavy atom. The molecule has 1 unspecified atom stereocenters. The van der Waals surface area contributed by atoms with E-state index in [1.54, 1.807) is 0 Å². The first-order valence-electron chi connectivity index (χ1n) is 9.44. The van der Waals surface area contributed by atoms with Crippen LogP contribution in [0.3, 0.4) is 0 Å². The van der Waals surface area contributed by atoms with Gasteiger partial charge in [0.2, 0.25) is 5.91 Å². The van der Waals surface area contributed by atoms with Crippen LogP contribution < -0.4 is 22.3 Å². The van der Waals surface area contributed by atoms with Crippen molar-refractivity contribution in [1.82, 2.24) is 35.0 Å². The quantitative estimate of drug-likeness (QED) is 0.131. The predicted molar refractivity (Wildman–Crippen MR) is 104 cm³/mol. The zero-order chi connectivity index (χ0) is 25.1. The van der Waals surface area contributed by atoms with Crippen molar-refractivity contribution >= 4 is 29.1 Å². The molecule has 2 amide bonds. The predicted octanol–water partition coefficient (Wildman–Crippen LogP) is 0.493. The number of halogens is 5. The highest BCUT2D eigenvalue weighted by Gasteiger charge is 2.56. The zero-order valence-corrected chi connectivity index (χ0v) is 17.1. The van der Waals surface area contributed by atoms with Crippen molar-refractivity contribution in [3.63, 3.8) is 0 Å². The summed E-state index contributed by atoms with van der Waals surface area (Å²) in [6, 6.07) is 0. The molecule has 34 heavy (non-hydrogen) atoms. The maximum Gasteiger partial charge on any atom is 0.453 e. The number of amides is 2. The molecule has 17 heteroatoms. The van der Waals surface area contributed by atoms with Crippen LogP contribution in [0, 0.1) is 0 Å². The molecule has 1 atom stereocenters. The van der Waals surface area contributed by atoms with Gasteiger partial charge in [-0.2, -0.15) is 27.1 Å². The summed E-state index contributed by atoms with van der Waals surface area (Å²) in [5.74, 6) is -2.06. The number of aromatic nitrogens is 6. The summed E-state index contributed by atoms with van der Waals surface area (Å²) in [7, 11) is 0. The molecular weight excluding hydrogens is 471 g/mol. The van der Waals surface area contributed by atoms with Crippen molar-refractivity contribution in [2.24, 2.45) is 5.84 Å². The van der Waals surface area contributed by atoms with Gasteiger partial charge in [0.25, 0.3) is 5.91 Å². The van der Waals surface area contributed by atoms with E-state index in [1.807, 2.05) is 5.43 Å². The van der Waals surface area contributed by atoms with Crippen LogP contribution in [-0.2, 0) is 21.4 Å². The minimum atomic E-state index is -5.73. The van der Waals surface area contributed by atoms with Crippen LogP contribution in [0.25, 0.3) is 17.2 Å². The van der Waals surface area contributed by atoms with Crippen molar-refractivity contribution < 1.29 is 31.5 Å². The van der Waals surface area contributed by atoms with E-state index in [1.165, 1.54) is 13.1 Å². The molecule has 0 bridgehead atoms. The minimum Gasteiger partial charge on any atom is -0.383 e. The van der Waals surface area contributed by atoms with E-state index in [2.05, 4.69) is 30.4 Å². The third-order valence-electron chi connectivity index (χ3n) is 5.36. The monoisotopic (exact) mass is 486 g/mol. The molecule has 3 aromatic heterocycles. The Morgan fingerprint density at radius 1 is 1.24 bits per heavy atom. The number of anilines is 2. The molecule has 12 nitrogen and oxygen atoms in total. The van der Waals surface area contributed by atoms with Crippen molar-refractivity contribution in [3.8, 4) is 11.5 Å². The van der Waals surface area contributed by atoms with Gasteiger partial charge in [-0.1, -0.05) is 0 Å². The van der Waals surface area contributed by atoms with Gasteiger partial charge in [0, 0.05) is 6.42 Å². The SMILES string of the molecule is CC1(C(=O)NN)C(=O)Nc2nc(-c3cn4ncnc4c(CCC(F)(F)C(F)(F)F)n3)nc(N)c21. The molecule has 0 spiro atoms. The van der Waals surface area contributed by atoms with E-state index in [4.69, 9.17) is 11.6 Å². The smallest absolute Gasteiger partial charge is 0.383 e. The fraction of sp³-hybridized carbons (Fsp3) is 0.353. The molecule has 1 aliphatic heterocycles. The van der Waals surface area contributed by atoms with Gasteiger partial charge in [0.15, 0.2) is 16.9 Å². The van der Waals surface area contributed by atoms with Gasteiger partial charge in [-0.25, -0.2) is 30.3 Å². The van der Waals surface area contributed by atoms with Gasteiger partial charge >= 0.3 is 12.1 Å². The minimum absolute atomic E-state index is 0.0450. The van der Waals surface area contributed by atoms with Gasteiger partial charge in [0.1, 0.15) is 23.7 Å². The molecule has 6 N–H and O–H groups in total. The highest BCUT2D eigenvalue weighted by Crippen LogP contribution is 2.41. The number of rotatable bonds is 5. The number of nitrogens with zero attached hydrogens (tertiary/aromatic N) is 6. The van der Waals surface area contributed by atoms with E-state index in [9.17, 15) is 31.5 Å². The third-order valence-corrected chi connectivity index (χ3v) is 5.36. The molecule has 1 aliphatic rings. The van der Waals surface area contributed by atoms with Crippen LogP contribution in [0.1, 0.15) is 24.6 Å². The topological polar surface area (TPSA) is 179 Å². The molecule has 0 saturated heterocycles. The van der Waals surface area contributed by atoms with Crippen LogP contribution in [0.5, 0.6) is 0 Å². The summed E-state index contributed by atoms with van der Waals surface area (Å²) < 4.78 is 65.7. The fourth-order valence-corrected chi connectivity index (χ4v) is 3.47. The highest BCUT2D eigenvalue weighted by molar-refractivity contribution is 6.20. The Hall–Kier alpha value is -4.02. The Balaban J connectivity index is 1.78. The molecular formula is C17H15F5N10O2. The van der Waals surface area contributed by atoms with Gasteiger partial charge in [-0.15, -0.1) is 0 Å². The second kappa shape index (κ2) is 7.51. The summed E-state index contributed by atoms with van der Waals surface area (Å²) >= 11 is 0. The number of aryl methyl sites for hydroxylation is 1. The van der Waals surface area contributed by atoms with E-state index in [0.29, 0.717) is 0 Å². The Bertz CT molecular complexity index is 1320. The number of carbonyl (C=O) groups is 2. The normalized spacial score (nSPS) is 18.1. The maximum atomic E-state index is 13.5. The fourth-order valence-electron chi connectivity index (χ4n) is 3.47. The molecule has 0 saturated carbocycles. The number of hydrogen-bond acceptors (Lipinski definition) is 9. The van der Waals surface area contributed by atoms with Gasteiger partial charge < -0.3 is 11.1 Å². The summed E-state index contributed by atoms with van der Waals surface area (Å²) in [6.07, 6.45) is -5.80. The summed E-state index contributed by atoms with van der Waals surface area (Å²) in [5.41, 5.74) is 5.60. The molecule has 4 heterocycles. The second-order valence-corrected chi connectivity index (χ2v) is 7.51. The molecule has 180 valence electrons. The highest BCUT2D eigenvalue weighted by atomic mass is 19.4. The maximum absolute atomic E-state index is 13.5. The van der Waals surface area contributed by atoms with Crippen molar-refractivity contribution in [2.75, 3.05) is 11.1 Å². The number of nitrogens with two attached hydrogens (primary N) is 2. The summed E-state index contributed by atoms with van der Waals surface area (Å²) in [4.78, 5) is 40.8. The first-order valence-corrected chi connectivity index (χ1v) is 9.44. The number of carbonyl (C=O) groups excluding carboxylic acids is 2. The van der Waals surface area contributed by atoms with E-state index < -0.39 is 42.2 Å². The first-order chi connectivity index (χ1) is 15.8. The van der Waals surface area contributed by atoms with Crippen LogP contribution >= 0.6 is 0 Å². The van der Waals surface area contributed by atoms with E-state index >= 15 is 0 Å². The van der Waals surface area contributed by atoms with Crippen molar-refractivity contribution in [3.05, 3.63) is 23.8 Å². The zero-order valence-electron chi connectivity index (χ0n) is 17.1. The standard InChI is InChI=1S/C17H15F5N10O2/c1-15(14(34)31-24)8-9(23)28-10(29-11(8)30-13(15)33)7-4-32-12(25-5-26-32)6(27-7)2-3-16(18,19)17(20,21)22/h4-5H,2-3,24H2,1H3,(H,31,34)(H3,23,28,29,30,33). The van der Waals surface area contributed by atoms with Crippen LogP contribution in [0.15, 0.2) is 12.5 Å². The molecule has 0 radical (unpaired) electrons. The number of hydrogen-bond donors (Lipinski definition) is 4. The molecule has 4 rings (SSSR count). The Kier molecular flexibility index (Phi) is 5.11. The van der Waals surface area contributed by atoms with E-state index in [0.717, 1.165) is 10.8 Å². The summed E-state index contributed by atoms with van der Waals surface area (Å²) in [5, 5.41) is 6.25. The number of alkyl halides is 5. The Morgan fingerprint density at radius 2 is 1.94 bits per heavy atom. The van der Waals surface area contributed by atoms with E-state index in [-0.39, 0.29) is 40.1 Å². The lowest BCUT2D eigenvalue weighted by atomic mass is 9.83. The third kappa shape index (κ3) is 3.44. The lowest BCUT2D eigenvalue weighted by molar-refractivity contribution is -0.284. The van der Waals surface area contributed by atoms with Gasteiger partial charge in [-0.05, 0) is 13.3 Å². The number of nitrogens with one attached hydrogen (secondary N) is 2. The number of hydrazine groups is 1. The Labute approximate surface area is 185 Å². The summed E-state index contributed by atoms with van der Waals surface area (Å²) in [6.45, 7) is 1.26. The van der Waals surface area contributed by atoms with Crippen molar-refractivity contribution in [1.29, 1.82) is 0 Å². The average molecular weight is 486 g/mol. The lowest BCUT2D eigenvalue weighted by Crippen LogP contribution is -2.49. The largest absolute Gasteiger partial charge is 0.453 e. The number of fused-ring (bicyclic) bond motifs is 2. The molecule has 0 fully saturated rings. The van der Waals surface area contributed by atoms with Crippen molar-refractivity contribution in [2.45, 2.75) is 37.3 Å². The average Bonchev–Trinajstić information content (AvgIpc) is 3.33. The molecule has 0 aliphatic carbocycles. The molecule has 3 aromatic rings.